The van der Waals surface area contributed by atoms with Crippen molar-refractivity contribution >= 4 is 54.2 Å². The average molecular weight is 591 g/mol. The molecule has 2 unspecified atom stereocenters. The molecule has 33 heavy (non-hydrogen) atoms. The third kappa shape index (κ3) is 5.52. The van der Waals surface area contributed by atoms with E-state index < -0.39 is 16.1 Å². The number of fused-ring (bicyclic) bond motifs is 1. The van der Waals surface area contributed by atoms with Crippen LogP contribution in [0.25, 0.3) is 22.2 Å². The molecule has 2 atom stereocenters. The van der Waals surface area contributed by atoms with Gasteiger partial charge in [0, 0.05) is 38.9 Å². The van der Waals surface area contributed by atoms with E-state index in [1.165, 1.54) is 0 Å². The summed E-state index contributed by atoms with van der Waals surface area (Å²) in [6.07, 6.45) is 0.575. The number of benzene rings is 2. The van der Waals surface area contributed by atoms with E-state index in [0.29, 0.717) is 12.0 Å². The van der Waals surface area contributed by atoms with Crippen molar-refractivity contribution in [1.29, 1.82) is 0 Å². The Morgan fingerprint density at radius 3 is 2.61 bits per heavy atom. The van der Waals surface area contributed by atoms with Crippen LogP contribution in [0.1, 0.15) is 43.6 Å². The third-order valence-electron chi connectivity index (χ3n) is 5.40. The maximum atomic E-state index is 13.2. The molecule has 0 aliphatic heterocycles. The van der Waals surface area contributed by atoms with E-state index in [1.54, 1.807) is 0 Å². The summed E-state index contributed by atoms with van der Waals surface area (Å²) in [5.74, 6) is 0. The van der Waals surface area contributed by atoms with Gasteiger partial charge in [-0.15, -0.1) is 4.72 Å². The Morgan fingerprint density at radius 1 is 1.09 bits per heavy atom. The lowest BCUT2D eigenvalue weighted by Crippen LogP contribution is -2.42. The highest BCUT2D eigenvalue weighted by atomic mass is 79.9. The highest BCUT2D eigenvalue weighted by Gasteiger charge is 2.32. The first-order valence-electron chi connectivity index (χ1n) is 10.6. The van der Waals surface area contributed by atoms with Crippen LogP contribution in [-0.4, -0.2) is 19.4 Å². The summed E-state index contributed by atoms with van der Waals surface area (Å²) < 4.78 is 23.5. The molecule has 0 saturated carbocycles. The van der Waals surface area contributed by atoms with E-state index in [-0.39, 0.29) is 6.04 Å². The second kappa shape index (κ2) is 9.88. The second-order valence-corrected chi connectivity index (χ2v) is 12.6. The molecule has 8 heteroatoms. The SMILES string of the molecule is Cc1ccc(Br)nc1CC(N[S+]([O-])C(C)(C)C)c1ccccc1-c1noc2cc(Br)ccc12. The molecular weight excluding hydrogens is 566 g/mol. The van der Waals surface area contributed by atoms with Crippen LogP contribution in [-0.2, 0) is 17.8 Å². The van der Waals surface area contributed by atoms with E-state index in [9.17, 15) is 4.55 Å². The predicted octanol–water partition coefficient (Wildman–Crippen LogP) is 7.06. The monoisotopic (exact) mass is 589 g/mol. The van der Waals surface area contributed by atoms with Crippen molar-refractivity contribution in [2.45, 2.75) is 44.9 Å². The molecule has 4 aromatic rings. The Hall–Kier alpha value is -1.71. The summed E-state index contributed by atoms with van der Waals surface area (Å²) in [5, 5.41) is 5.32. The quantitative estimate of drug-likeness (QED) is 0.192. The molecule has 0 aliphatic carbocycles. The number of hydrogen-bond donors (Lipinski definition) is 1. The van der Waals surface area contributed by atoms with Crippen molar-refractivity contribution in [1.82, 2.24) is 14.9 Å². The molecule has 0 amide bonds. The number of hydrogen-bond acceptors (Lipinski definition) is 5. The van der Waals surface area contributed by atoms with E-state index in [1.807, 2.05) is 76.2 Å². The number of aryl methyl sites for hydroxylation is 1. The zero-order valence-corrected chi connectivity index (χ0v) is 22.8. The van der Waals surface area contributed by atoms with Gasteiger partial charge in [-0.1, -0.05) is 51.4 Å². The Balaban J connectivity index is 1.82. The largest absolute Gasteiger partial charge is 0.598 e. The third-order valence-corrected chi connectivity index (χ3v) is 7.94. The predicted molar refractivity (Wildman–Crippen MR) is 141 cm³/mol. The Labute approximate surface area is 213 Å². The normalized spacial score (nSPS) is 13.9. The van der Waals surface area contributed by atoms with Crippen LogP contribution in [0, 0.1) is 6.92 Å². The molecule has 2 heterocycles. The second-order valence-electron chi connectivity index (χ2n) is 8.91. The highest BCUT2D eigenvalue weighted by molar-refractivity contribution is 9.10. The van der Waals surface area contributed by atoms with Crippen LogP contribution in [0.4, 0.5) is 0 Å². The zero-order valence-electron chi connectivity index (χ0n) is 18.9. The standard InChI is InChI=1S/C25H25Br2N3O2S/c1-15-9-12-23(27)28-20(15)14-21(30-33(31)25(2,3)4)17-7-5-6-8-18(17)24-19-11-10-16(26)13-22(19)32-29-24/h5-13,21,30H,14H2,1-4H3. The van der Waals surface area contributed by atoms with Crippen LogP contribution in [0.15, 0.2) is 68.2 Å². The van der Waals surface area contributed by atoms with E-state index in [4.69, 9.17) is 9.51 Å². The van der Waals surface area contributed by atoms with Gasteiger partial charge in [-0.2, -0.15) is 0 Å². The fourth-order valence-corrected chi connectivity index (χ4v) is 5.10. The fraction of sp³-hybridized carbons (Fsp3) is 0.280. The summed E-state index contributed by atoms with van der Waals surface area (Å²) in [4.78, 5) is 4.70. The van der Waals surface area contributed by atoms with Gasteiger partial charge in [-0.25, -0.2) is 4.98 Å². The molecule has 0 bridgehead atoms. The van der Waals surface area contributed by atoms with E-state index in [2.05, 4.69) is 47.8 Å². The van der Waals surface area contributed by atoms with Crippen molar-refractivity contribution in [3.63, 3.8) is 0 Å². The number of nitrogens with zero attached hydrogens (tertiary/aromatic N) is 2. The number of rotatable bonds is 6. The smallest absolute Gasteiger partial charge is 0.168 e. The molecule has 0 saturated heterocycles. The molecule has 2 aromatic carbocycles. The fourth-order valence-electron chi connectivity index (χ4n) is 3.59. The first-order chi connectivity index (χ1) is 15.6. The lowest BCUT2D eigenvalue weighted by Gasteiger charge is -2.29. The molecule has 0 spiro atoms. The van der Waals surface area contributed by atoms with Gasteiger partial charge in [0.05, 0.1) is 6.04 Å². The van der Waals surface area contributed by atoms with Crippen molar-refractivity contribution < 1.29 is 9.08 Å². The summed E-state index contributed by atoms with van der Waals surface area (Å²) in [5.41, 5.74) is 5.43. The minimum atomic E-state index is -1.28. The highest BCUT2D eigenvalue weighted by Crippen LogP contribution is 2.36. The number of aromatic nitrogens is 2. The molecule has 2 aromatic heterocycles. The van der Waals surface area contributed by atoms with Crippen LogP contribution < -0.4 is 4.72 Å². The van der Waals surface area contributed by atoms with Gasteiger partial charge >= 0.3 is 0 Å². The molecular formula is C25H25Br2N3O2S. The minimum absolute atomic E-state index is 0.246. The zero-order chi connectivity index (χ0) is 23.8. The summed E-state index contributed by atoms with van der Waals surface area (Å²) in [6, 6.07) is 17.7. The van der Waals surface area contributed by atoms with Gasteiger partial charge < -0.3 is 9.08 Å². The van der Waals surface area contributed by atoms with Crippen molar-refractivity contribution in [2.75, 3.05) is 0 Å². The van der Waals surface area contributed by atoms with Gasteiger partial charge in [0.15, 0.2) is 5.58 Å². The molecule has 0 radical (unpaired) electrons. The van der Waals surface area contributed by atoms with Gasteiger partial charge in [0.25, 0.3) is 0 Å². The Morgan fingerprint density at radius 2 is 1.85 bits per heavy atom. The number of halogens is 2. The summed E-state index contributed by atoms with van der Waals surface area (Å²) in [6.45, 7) is 7.93. The van der Waals surface area contributed by atoms with Crippen LogP contribution in [0.3, 0.4) is 0 Å². The average Bonchev–Trinajstić information content (AvgIpc) is 3.18. The van der Waals surface area contributed by atoms with Crippen LogP contribution >= 0.6 is 31.9 Å². The first-order valence-corrected chi connectivity index (χ1v) is 13.3. The molecule has 4 rings (SSSR count). The minimum Gasteiger partial charge on any atom is -0.598 e. The van der Waals surface area contributed by atoms with Crippen molar-refractivity contribution in [3.05, 3.63) is 80.5 Å². The topological polar surface area (TPSA) is 74.0 Å². The Kier molecular flexibility index (Phi) is 7.31. The van der Waals surface area contributed by atoms with Crippen molar-refractivity contribution in [3.8, 4) is 11.3 Å². The summed E-state index contributed by atoms with van der Waals surface area (Å²) >= 11 is 5.70. The lowest BCUT2D eigenvalue weighted by molar-refractivity contribution is 0.459. The first kappa shape index (κ1) is 24.4. The van der Waals surface area contributed by atoms with Crippen LogP contribution in [0.5, 0.6) is 0 Å². The molecule has 172 valence electrons. The summed E-state index contributed by atoms with van der Waals surface area (Å²) in [7, 11) is 0. The van der Waals surface area contributed by atoms with Gasteiger partial charge in [0.1, 0.15) is 15.0 Å². The van der Waals surface area contributed by atoms with E-state index in [0.717, 1.165) is 42.5 Å². The Bertz CT molecular complexity index is 1290. The van der Waals surface area contributed by atoms with Gasteiger partial charge in [-0.05, 0) is 79.0 Å². The number of nitrogens with one attached hydrogen (secondary N) is 1. The van der Waals surface area contributed by atoms with Crippen LogP contribution in [0.2, 0.25) is 0 Å². The maximum Gasteiger partial charge on any atom is 0.168 e. The molecule has 1 N–H and O–H groups in total. The van der Waals surface area contributed by atoms with Gasteiger partial charge in [0.2, 0.25) is 0 Å². The maximum absolute atomic E-state index is 13.2. The lowest BCUT2D eigenvalue weighted by atomic mass is 9.93. The van der Waals surface area contributed by atoms with Gasteiger partial charge in [-0.3, -0.25) is 0 Å². The molecule has 0 aliphatic rings. The number of pyridine rings is 1. The van der Waals surface area contributed by atoms with E-state index >= 15 is 0 Å². The van der Waals surface area contributed by atoms with Crippen molar-refractivity contribution in [2.24, 2.45) is 0 Å². The molecule has 5 nitrogen and oxygen atoms in total. The molecule has 0 fully saturated rings.